The van der Waals surface area contributed by atoms with Gasteiger partial charge >= 0.3 is 0 Å². The second-order valence-electron chi connectivity index (χ2n) is 4.04. The molecule has 0 saturated heterocycles. The first-order valence-electron chi connectivity index (χ1n) is 6.06. The molecule has 0 radical (unpaired) electrons. The van der Waals surface area contributed by atoms with E-state index in [9.17, 15) is 4.79 Å². The Morgan fingerprint density at radius 2 is 2.00 bits per heavy atom. The number of ketones is 1. The van der Waals surface area contributed by atoms with Gasteiger partial charge in [0.05, 0.1) is 0 Å². The van der Waals surface area contributed by atoms with E-state index < -0.39 is 4.71 Å². The Kier molecular flexibility index (Phi) is 7.38. The number of alkyl halides is 1. The quantitative estimate of drug-likeness (QED) is 0.506. The van der Waals surface area contributed by atoms with E-state index in [4.69, 9.17) is 11.6 Å². The third kappa shape index (κ3) is 6.13. The van der Waals surface area contributed by atoms with Gasteiger partial charge in [-0.15, -0.1) is 23.4 Å². The van der Waals surface area contributed by atoms with Gasteiger partial charge in [0.2, 0.25) is 0 Å². The predicted molar refractivity (Wildman–Crippen MR) is 76.5 cm³/mol. The van der Waals surface area contributed by atoms with Gasteiger partial charge in [-0.05, 0) is 12.0 Å². The highest BCUT2D eigenvalue weighted by Gasteiger charge is 2.14. The minimum Gasteiger partial charge on any atom is -0.297 e. The van der Waals surface area contributed by atoms with Gasteiger partial charge in [-0.3, -0.25) is 4.79 Å². The van der Waals surface area contributed by atoms with E-state index >= 15 is 0 Å². The van der Waals surface area contributed by atoms with E-state index in [1.165, 1.54) is 17.3 Å². The summed E-state index contributed by atoms with van der Waals surface area (Å²) in [5.41, 5.74) is 1.21. The van der Waals surface area contributed by atoms with Crippen LogP contribution in [-0.4, -0.2) is 10.5 Å². The number of hydrogen-bond donors (Lipinski definition) is 0. The van der Waals surface area contributed by atoms with Crippen LogP contribution in [0.25, 0.3) is 0 Å². The summed E-state index contributed by atoms with van der Waals surface area (Å²) in [5.74, 6) is 0.968. The van der Waals surface area contributed by atoms with Gasteiger partial charge < -0.3 is 0 Å². The Labute approximate surface area is 113 Å². The molecule has 0 spiro atoms. The Balaban J connectivity index is 2.24. The van der Waals surface area contributed by atoms with Crippen LogP contribution < -0.4 is 0 Å². The maximum absolute atomic E-state index is 11.7. The molecule has 0 aliphatic carbocycles. The van der Waals surface area contributed by atoms with Crippen molar-refractivity contribution in [3.05, 3.63) is 35.9 Å². The van der Waals surface area contributed by atoms with E-state index in [2.05, 4.69) is 19.1 Å². The Bertz CT molecular complexity index is 326. The van der Waals surface area contributed by atoms with Gasteiger partial charge in [-0.2, -0.15) is 0 Å². The molecule has 94 valence electrons. The van der Waals surface area contributed by atoms with Gasteiger partial charge in [0.1, 0.15) is 4.71 Å². The maximum Gasteiger partial charge on any atom is 0.160 e. The number of hydrogen-bond acceptors (Lipinski definition) is 2. The van der Waals surface area contributed by atoms with Crippen LogP contribution in [0.4, 0.5) is 0 Å². The van der Waals surface area contributed by atoms with Crippen LogP contribution in [-0.2, 0) is 10.5 Å². The third-order valence-corrected chi connectivity index (χ3v) is 4.20. The maximum atomic E-state index is 11.7. The molecule has 0 amide bonds. The molecule has 1 atom stereocenters. The molecular formula is C14H19ClOS. The first-order chi connectivity index (χ1) is 8.24. The molecule has 0 fully saturated rings. The molecule has 1 unspecified atom stereocenters. The third-order valence-electron chi connectivity index (χ3n) is 2.52. The summed E-state index contributed by atoms with van der Waals surface area (Å²) >= 11 is 7.59. The summed E-state index contributed by atoms with van der Waals surface area (Å²) in [5, 5.41) is 0. The summed E-state index contributed by atoms with van der Waals surface area (Å²) < 4.78 is -0.396. The smallest absolute Gasteiger partial charge is 0.160 e. The average molecular weight is 271 g/mol. The lowest BCUT2D eigenvalue weighted by molar-refractivity contribution is -0.117. The first-order valence-corrected chi connectivity index (χ1v) is 7.55. The molecule has 3 heteroatoms. The number of rotatable bonds is 8. The highest BCUT2D eigenvalue weighted by molar-refractivity contribution is 8.01. The normalized spacial score (nSPS) is 12.4. The van der Waals surface area contributed by atoms with Crippen molar-refractivity contribution in [2.24, 2.45) is 0 Å². The lowest BCUT2D eigenvalue weighted by Crippen LogP contribution is -2.10. The van der Waals surface area contributed by atoms with Crippen LogP contribution in [0.15, 0.2) is 30.3 Å². The van der Waals surface area contributed by atoms with Crippen molar-refractivity contribution >= 4 is 29.1 Å². The molecule has 0 aliphatic heterocycles. The monoisotopic (exact) mass is 270 g/mol. The van der Waals surface area contributed by atoms with Crippen molar-refractivity contribution in [1.82, 2.24) is 0 Å². The summed E-state index contributed by atoms with van der Waals surface area (Å²) in [6.07, 6.45) is 3.82. The molecule has 1 nitrogen and oxygen atoms in total. The molecular weight excluding hydrogens is 252 g/mol. The van der Waals surface area contributed by atoms with E-state index in [-0.39, 0.29) is 5.78 Å². The summed E-state index contributed by atoms with van der Waals surface area (Å²) in [6.45, 7) is 2.13. The van der Waals surface area contributed by atoms with Crippen LogP contribution in [0.2, 0.25) is 0 Å². The summed E-state index contributed by atoms with van der Waals surface area (Å²) in [6, 6.07) is 10.1. The average Bonchev–Trinajstić information content (AvgIpc) is 2.37. The number of carbonyl (C=O) groups is 1. The van der Waals surface area contributed by atoms with Crippen molar-refractivity contribution in [1.29, 1.82) is 0 Å². The summed E-state index contributed by atoms with van der Waals surface area (Å²) in [7, 11) is 0. The zero-order valence-electron chi connectivity index (χ0n) is 10.2. The van der Waals surface area contributed by atoms with Crippen LogP contribution in [0.3, 0.4) is 0 Å². The SMILES string of the molecule is CCCCCC(=O)C(Cl)SCc1ccccc1. The predicted octanol–water partition coefficient (Wildman–Crippen LogP) is 4.63. The van der Waals surface area contributed by atoms with Crippen LogP contribution in [0, 0.1) is 0 Å². The lowest BCUT2D eigenvalue weighted by atomic mass is 10.1. The number of benzene rings is 1. The van der Waals surface area contributed by atoms with E-state index in [0.29, 0.717) is 6.42 Å². The number of unbranched alkanes of at least 4 members (excludes halogenated alkanes) is 2. The molecule has 0 N–H and O–H groups in total. The fraction of sp³-hybridized carbons (Fsp3) is 0.500. The standard InChI is InChI=1S/C14H19ClOS/c1-2-3-5-10-13(16)14(15)17-11-12-8-6-4-7-9-12/h4,6-9,14H,2-3,5,10-11H2,1H3. The van der Waals surface area contributed by atoms with Crippen LogP contribution in [0.5, 0.6) is 0 Å². The van der Waals surface area contributed by atoms with Crippen molar-refractivity contribution in [3.63, 3.8) is 0 Å². The molecule has 0 bridgehead atoms. The molecule has 17 heavy (non-hydrogen) atoms. The van der Waals surface area contributed by atoms with Crippen molar-refractivity contribution in [2.75, 3.05) is 0 Å². The van der Waals surface area contributed by atoms with Gasteiger partial charge in [-0.25, -0.2) is 0 Å². The molecule has 0 heterocycles. The highest BCUT2D eigenvalue weighted by atomic mass is 35.5. The largest absolute Gasteiger partial charge is 0.297 e. The second-order valence-corrected chi connectivity index (χ2v) is 5.82. The fourth-order valence-electron chi connectivity index (χ4n) is 1.50. The molecule has 1 aromatic carbocycles. The molecule has 0 saturated carbocycles. The van der Waals surface area contributed by atoms with Gasteiger partial charge in [-0.1, -0.05) is 50.1 Å². The molecule has 0 aromatic heterocycles. The topological polar surface area (TPSA) is 17.1 Å². The van der Waals surface area contributed by atoms with Crippen molar-refractivity contribution in [2.45, 2.75) is 43.1 Å². The molecule has 0 aliphatic rings. The van der Waals surface area contributed by atoms with E-state index in [1.807, 2.05) is 18.2 Å². The number of Topliss-reactive ketones (excluding diaryl/α,β-unsaturated/α-hetero) is 1. The van der Waals surface area contributed by atoms with Gasteiger partial charge in [0.15, 0.2) is 5.78 Å². The van der Waals surface area contributed by atoms with Crippen LogP contribution in [0.1, 0.15) is 38.2 Å². The Morgan fingerprint density at radius 1 is 1.29 bits per heavy atom. The molecule has 1 rings (SSSR count). The van der Waals surface area contributed by atoms with E-state index in [0.717, 1.165) is 25.0 Å². The summed E-state index contributed by atoms with van der Waals surface area (Å²) in [4.78, 5) is 11.7. The lowest BCUT2D eigenvalue weighted by Gasteiger charge is -2.08. The van der Waals surface area contributed by atoms with E-state index in [1.54, 1.807) is 0 Å². The zero-order valence-corrected chi connectivity index (χ0v) is 11.8. The molecule has 1 aromatic rings. The van der Waals surface area contributed by atoms with Crippen molar-refractivity contribution < 1.29 is 4.79 Å². The van der Waals surface area contributed by atoms with Crippen molar-refractivity contribution in [3.8, 4) is 0 Å². The Hall–Kier alpha value is -0.470. The van der Waals surface area contributed by atoms with Gasteiger partial charge in [0, 0.05) is 12.2 Å². The van der Waals surface area contributed by atoms with Crippen LogP contribution >= 0.6 is 23.4 Å². The number of thioether (sulfide) groups is 1. The number of halogens is 1. The fourth-order valence-corrected chi connectivity index (χ4v) is 2.63. The van der Waals surface area contributed by atoms with Gasteiger partial charge in [0.25, 0.3) is 0 Å². The zero-order chi connectivity index (χ0) is 12.5. The highest BCUT2D eigenvalue weighted by Crippen LogP contribution is 2.23. The minimum atomic E-state index is -0.396. The number of carbonyl (C=O) groups excluding carboxylic acids is 1. The second kappa shape index (κ2) is 8.60. The first kappa shape index (κ1) is 14.6. The minimum absolute atomic E-state index is 0.168. The Morgan fingerprint density at radius 3 is 2.65 bits per heavy atom.